The van der Waals surface area contributed by atoms with E-state index in [4.69, 9.17) is 14.0 Å². The van der Waals surface area contributed by atoms with Crippen LogP contribution in [0.2, 0.25) is 0 Å². The molecule has 2 aliphatic heterocycles. The lowest BCUT2D eigenvalue weighted by Crippen LogP contribution is -2.59. The topological polar surface area (TPSA) is 60.0 Å². The molecule has 0 unspecified atom stereocenters. The molecule has 24 heavy (non-hydrogen) atoms. The minimum Gasteiger partial charge on any atom is -0.444 e. The van der Waals surface area contributed by atoms with Crippen LogP contribution < -0.4 is 5.32 Å². The Morgan fingerprint density at radius 1 is 1.21 bits per heavy atom. The first-order chi connectivity index (χ1) is 10.8. The van der Waals surface area contributed by atoms with Crippen LogP contribution in [0.1, 0.15) is 55.4 Å². The predicted molar refractivity (Wildman–Crippen MR) is 94.6 cm³/mol. The minimum absolute atomic E-state index is 0.231. The second-order valence-corrected chi connectivity index (χ2v) is 8.73. The summed E-state index contributed by atoms with van der Waals surface area (Å²) in [6.45, 7) is 17.0. The zero-order valence-corrected chi connectivity index (χ0v) is 16.2. The summed E-state index contributed by atoms with van der Waals surface area (Å²) in [5.74, 6) is 0. The molecule has 0 aromatic rings. The van der Waals surface area contributed by atoms with Crippen molar-refractivity contribution in [2.45, 2.75) is 78.2 Å². The highest BCUT2D eigenvalue weighted by molar-refractivity contribution is 6.54. The van der Waals surface area contributed by atoms with Crippen molar-refractivity contribution in [3.05, 3.63) is 11.7 Å². The van der Waals surface area contributed by atoms with E-state index in [2.05, 4.69) is 5.32 Å². The van der Waals surface area contributed by atoms with Crippen molar-refractivity contribution in [1.29, 1.82) is 0 Å². The maximum atomic E-state index is 11.9. The van der Waals surface area contributed by atoms with Crippen molar-refractivity contribution in [3.8, 4) is 0 Å². The van der Waals surface area contributed by atoms with Crippen LogP contribution >= 0.6 is 0 Å². The molecule has 7 heteroatoms. The van der Waals surface area contributed by atoms with Gasteiger partial charge in [0, 0.05) is 13.1 Å². The van der Waals surface area contributed by atoms with Crippen LogP contribution in [0.25, 0.3) is 0 Å². The summed E-state index contributed by atoms with van der Waals surface area (Å²) < 4.78 is 17.4. The molecule has 0 aromatic carbocycles. The van der Waals surface area contributed by atoms with Crippen LogP contribution in [0, 0.1) is 0 Å². The lowest BCUT2D eigenvalue weighted by atomic mass is 9.80. The van der Waals surface area contributed by atoms with Gasteiger partial charge in [0.05, 0.1) is 17.2 Å². The molecule has 2 fully saturated rings. The molecule has 6 nitrogen and oxygen atoms in total. The number of likely N-dealkylation sites (tertiary alicyclic amines) is 1. The number of amides is 1. The van der Waals surface area contributed by atoms with Crippen molar-refractivity contribution < 1.29 is 18.8 Å². The number of hydrogen-bond donors (Lipinski definition) is 1. The fourth-order valence-electron chi connectivity index (χ4n) is 2.41. The van der Waals surface area contributed by atoms with Gasteiger partial charge in [-0.25, -0.2) is 4.79 Å². The summed E-state index contributed by atoms with van der Waals surface area (Å²) in [7, 11) is -0.343. The van der Waals surface area contributed by atoms with Crippen molar-refractivity contribution in [3.63, 3.8) is 0 Å². The number of hydrogen-bond acceptors (Lipinski definition) is 5. The van der Waals surface area contributed by atoms with E-state index in [0.717, 1.165) is 5.47 Å². The van der Waals surface area contributed by atoms with Gasteiger partial charge in [0.25, 0.3) is 0 Å². The third kappa shape index (κ3) is 4.25. The Bertz CT molecular complexity index is 503. The van der Waals surface area contributed by atoms with E-state index in [-0.39, 0.29) is 30.5 Å². The monoisotopic (exact) mass is 338 g/mol. The Labute approximate surface area is 146 Å². The molecule has 2 rings (SSSR count). The smallest absolute Gasteiger partial charge is 0.444 e. The molecule has 2 heterocycles. The second-order valence-electron chi connectivity index (χ2n) is 8.73. The van der Waals surface area contributed by atoms with E-state index in [1.807, 2.05) is 61.6 Å². The fourth-order valence-corrected chi connectivity index (χ4v) is 2.41. The number of carbonyl (C=O) groups excluding carboxylic acids is 1. The molecule has 0 aromatic heterocycles. The largest absolute Gasteiger partial charge is 0.491 e. The summed E-state index contributed by atoms with van der Waals surface area (Å²) in [5.41, 5.74) is -0.138. The van der Waals surface area contributed by atoms with Gasteiger partial charge in [0.1, 0.15) is 5.60 Å². The van der Waals surface area contributed by atoms with Crippen molar-refractivity contribution >= 4 is 13.2 Å². The predicted octanol–water partition coefficient (Wildman–Crippen LogP) is 2.73. The van der Waals surface area contributed by atoms with Crippen LogP contribution in [-0.4, -0.2) is 54.0 Å². The first-order valence-corrected chi connectivity index (χ1v) is 8.57. The van der Waals surface area contributed by atoms with E-state index < -0.39 is 5.60 Å². The summed E-state index contributed by atoms with van der Waals surface area (Å²) in [4.78, 5) is 13.6. The molecule has 2 saturated heterocycles. The highest BCUT2D eigenvalue weighted by Gasteiger charge is 2.51. The minimum atomic E-state index is -0.456. The molecule has 0 spiro atoms. The van der Waals surface area contributed by atoms with Crippen molar-refractivity contribution in [2.24, 2.45) is 0 Å². The summed E-state index contributed by atoms with van der Waals surface area (Å²) in [6.07, 6.45) is 1.67. The quantitative estimate of drug-likeness (QED) is 0.802. The van der Waals surface area contributed by atoms with Gasteiger partial charge in [-0.3, -0.25) is 0 Å². The summed E-state index contributed by atoms with van der Waals surface area (Å²) in [5, 5.41) is 3.33. The van der Waals surface area contributed by atoms with E-state index in [0.29, 0.717) is 13.1 Å². The standard InChI is InChI=1S/C17H31BN2O4/c1-12(18-23-16(5,6)17(7,8)24-18)9-19-13-10-20(11-13)14(21)22-15(2,3)4/h9,13,19H,10-11H2,1-8H3/b12-9+. The second kappa shape index (κ2) is 6.26. The highest BCUT2D eigenvalue weighted by Crippen LogP contribution is 2.38. The molecule has 2 aliphatic rings. The Balaban J connectivity index is 1.79. The Kier molecular flexibility index (Phi) is 4.99. The SMILES string of the molecule is C/C(=C\NC1CN(C(=O)OC(C)(C)C)C1)B1OC(C)(C)C(C)(C)O1. The molecule has 0 aliphatic carbocycles. The maximum absolute atomic E-state index is 11.9. The lowest BCUT2D eigenvalue weighted by Gasteiger charge is -2.39. The van der Waals surface area contributed by atoms with E-state index in [1.54, 1.807) is 4.90 Å². The van der Waals surface area contributed by atoms with Crippen molar-refractivity contribution in [1.82, 2.24) is 10.2 Å². The van der Waals surface area contributed by atoms with Gasteiger partial charge >= 0.3 is 13.2 Å². The molecule has 1 amide bonds. The molecular weight excluding hydrogens is 307 g/mol. The number of allylic oxidation sites excluding steroid dienone is 1. The highest BCUT2D eigenvalue weighted by atomic mass is 16.7. The van der Waals surface area contributed by atoms with Crippen molar-refractivity contribution in [2.75, 3.05) is 13.1 Å². The molecule has 136 valence electrons. The molecule has 0 atom stereocenters. The van der Waals surface area contributed by atoms with E-state index in [9.17, 15) is 4.79 Å². The Hall–Kier alpha value is -1.21. The third-order valence-corrected chi connectivity index (χ3v) is 4.70. The molecular formula is C17H31BN2O4. The zero-order valence-electron chi connectivity index (χ0n) is 16.2. The molecule has 0 radical (unpaired) electrons. The summed E-state index contributed by atoms with van der Waals surface area (Å²) >= 11 is 0. The van der Waals surface area contributed by atoms with Crippen LogP contribution in [0.3, 0.4) is 0 Å². The van der Waals surface area contributed by atoms with Crippen LogP contribution in [-0.2, 0) is 14.0 Å². The first kappa shape index (κ1) is 19.1. The van der Waals surface area contributed by atoms with Gasteiger partial charge in [-0.05, 0) is 67.1 Å². The lowest BCUT2D eigenvalue weighted by molar-refractivity contribution is 0.00578. The van der Waals surface area contributed by atoms with Crippen LogP contribution in [0.5, 0.6) is 0 Å². The third-order valence-electron chi connectivity index (χ3n) is 4.70. The van der Waals surface area contributed by atoms with Crippen LogP contribution in [0.15, 0.2) is 11.7 Å². The van der Waals surface area contributed by atoms with E-state index in [1.165, 1.54) is 0 Å². The summed E-state index contributed by atoms with van der Waals surface area (Å²) in [6, 6.07) is 0.231. The van der Waals surface area contributed by atoms with Gasteiger partial charge in [0.15, 0.2) is 0 Å². The fraction of sp³-hybridized carbons (Fsp3) is 0.824. The van der Waals surface area contributed by atoms with Gasteiger partial charge in [0.2, 0.25) is 0 Å². The average molecular weight is 338 g/mol. The Morgan fingerprint density at radius 3 is 2.17 bits per heavy atom. The van der Waals surface area contributed by atoms with Gasteiger partial charge in [-0.15, -0.1) is 0 Å². The number of carbonyl (C=O) groups is 1. The van der Waals surface area contributed by atoms with Gasteiger partial charge in [-0.1, -0.05) is 0 Å². The van der Waals surface area contributed by atoms with Gasteiger partial charge in [-0.2, -0.15) is 0 Å². The number of nitrogens with zero attached hydrogens (tertiary/aromatic N) is 1. The normalized spacial score (nSPS) is 23.9. The Morgan fingerprint density at radius 2 is 1.71 bits per heavy atom. The van der Waals surface area contributed by atoms with Gasteiger partial charge < -0.3 is 24.3 Å². The molecule has 1 N–H and O–H groups in total. The number of nitrogens with one attached hydrogen (secondary N) is 1. The van der Waals surface area contributed by atoms with E-state index >= 15 is 0 Å². The number of ether oxygens (including phenoxy) is 1. The average Bonchev–Trinajstić information content (AvgIpc) is 2.53. The number of rotatable bonds is 3. The van der Waals surface area contributed by atoms with Crippen LogP contribution in [0.4, 0.5) is 4.79 Å². The zero-order chi connectivity index (χ0) is 18.3. The molecule has 0 saturated carbocycles. The maximum Gasteiger partial charge on any atom is 0.491 e. The molecule has 0 bridgehead atoms. The first-order valence-electron chi connectivity index (χ1n) is 8.57.